The second kappa shape index (κ2) is 6.04. The number of anilines is 1. The quantitative estimate of drug-likeness (QED) is 0.850. The van der Waals surface area contributed by atoms with Gasteiger partial charge in [0.2, 0.25) is 0 Å². The zero-order chi connectivity index (χ0) is 11.3. The van der Waals surface area contributed by atoms with Crippen LogP contribution in [-0.4, -0.2) is 25.6 Å². The second-order valence-corrected chi connectivity index (χ2v) is 5.00. The van der Waals surface area contributed by atoms with E-state index >= 15 is 0 Å². The van der Waals surface area contributed by atoms with Crippen LogP contribution in [0, 0.1) is 11.3 Å². The first-order valence-electron chi connectivity index (χ1n) is 4.59. The summed E-state index contributed by atoms with van der Waals surface area (Å²) in [6.07, 6.45) is 2.08. The molecule has 0 heterocycles. The lowest BCUT2D eigenvalue weighted by atomic mass is 10.2. The molecule has 0 aromatic heterocycles. The van der Waals surface area contributed by atoms with Gasteiger partial charge in [0.15, 0.2) is 0 Å². The number of nitrogens with zero attached hydrogens (tertiary/aromatic N) is 2. The molecular weight excluding hydrogens is 272 g/mol. The van der Waals surface area contributed by atoms with Gasteiger partial charge in [-0.05, 0) is 34.3 Å². The van der Waals surface area contributed by atoms with Crippen LogP contribution in [0.1, 0.15) is 5.56 Å². The summed E-state index contributed by atoms with van der Waals surface area (Å²) in [5.41, 5.74) is 1.70. The predicted octanol–water partition coefficient (Wildman–Crippen LogP) is 3.12. The summed E-state index contributed by atoms with van der Waals surface area (Å²) in [5, 5.41) is 9.06. The van der Waals surface area contributed by atoms with Crippen molar-refractivity contribution >= 4 is 33.4 Å². The standard InChI is InChI=1S/C11H13BrN2S/c1-14(6-7-15-2)11-5-3-4-10(12)9(11)8-13/h3-5H,6-7H2,1-2H3. The Bertz CT molecular complexity index is 373. The van der Waals surface area contributed by atoms with Gasteiger partial charge in [0.05, 0.1) is 11.3 Å². The van der Waals surface area contributed by atoms with Crippen molar-refractivity contribution in [1.29, 1.82) is 5.26 Å². The summed E-state index contributed by atoms with van der Waals surface area (Å²) < 4.78 is 0.860. The molecule has 0 N–H and O–H groups in total. The summed E-state index contributed by atoms with van der Waals surface area (Å²) in [5.74, 6) is 1.06. The first-order valence-corrected chi connectivity index (χ1v) is 6.78. The van der Waals surface area contributed by atoms with Crippen LogP contribution in [0.5, 0.6) is 0 Å². The molecule has 0 spiro atoms. The van der Waals surface area contributed by atoms with Crippen LogP contribution >= 0.6 is 27.7 Å². The summed E-state index contributed by atoms with van der Waals surface area (Å²) in [4.78, 5) is 2.11. The Morgan fingerprint density at radius 2 is 2.27 bits per heavy atom. The van der Waals surface area contributed by atoms with Gasteiger partial charge in [0.25, 0.3) is 0 Å². The van der Waals surface area contributed by atoms with Gasteiger partial charge in [0, 0.05) is 23.8 Å². The molecule has 0 saturated carbocycles. The molecule has 0 aliphatic heterocycles. The number of nitriles is 1. The van der Waals surface area contributed by atoms with E-state index in [2.05, 4.69) is 33.2 Å². The van der Waals surface area contributed by atoms with E-state index in [0.29, 0.717) is 5.56 Å². The number of thioether (sulfide) groups is 1. The zero-order valence-corrected chi connectivity index (χ0v) is 11.2. The lowest BCUT2D eigenvalue weighted by Gasteiger charge is -2.20. The molecule has 2 nitrogen and oxygen atoms in total. The Morgan fingerprint density at radius 3 is 2.87 bits per heavy atom. The molecule has 0 saturated heterocycles. The maximum Gasteiger partial charge on any atom is 0.103 e. The van der Waals surface area contributed by atoms with E-state index in [4.69, 9.17) is 5.26 Å². The Hall–Kier alpha value is -0.660. The van der Waals surface area contributed by atoms with Crippen molar-refractivity contribution in [3.63, 3.8) is 0 Å². The zero-order valence-electron chi connectivity index (χ0n) is 8.83. The predicted molar refractivity (Wildman–Crippen MR) is 70.5 cm³/mol. The van der Waals surface area contributed by atoms with Crippen LogP contribution in [0.25, 0.3) is 0 Å². The molecule has 15 heavy (non-hydrogen) atoms. The molecule has 1 rings (SSSR count). The van der Waals surface area contributed by atoms with E-state index in [-0.39, 0.29) is 0 Å². The van der Waals surface area contributed by atoms with Gasteiger partial charge in [-0.3, -0.25) is 0 Å². The maximum atomic E-state index is 9.06. The molecule has 0 aliphatic carbocycles. The van der Waals surface area contributed by atoms with Crippen molar-refractivity contribution in [2.24, 2.45) is 0 Å². The third kappa shape index (κ3) is 3.15. The van der Waals surface area contributed by atoms with Crippen molar-refractivity contribution in [1.82, 2.24) is 0 Å². The molecule has 0 unspecified atom stereocenters. The number of hydrogen-bond acceptors (Lipinski definition) is 3. The minimum atomic E-state index is 0.709. The average Bonchev–Trinajstić information content (AvgIpc) is 2.25. The van der Waals surface area contributed by atoms with E-state index in [1.165, 1.54) is 0 Å². The number of rotatable bonds is 4. The molecule has 0 amide bonds. The van der Waals surface area contributed by atoms with E-state index < -0.39 is 0 Å². The minimum absolute atomic E-state index is 0.709. The van der Waals surface area contributed by atoms with Crippen LogP contribution in [0.4, 0.5) is 5.69 Å². The Kier molecular flexibility index (Phi) is 5.00. The van der Waals surface area contributed by atoms with Crippen molar-refractivity contribution in [2.75, 3.05) is 30.5 Å². The minimum Gasteiger partial charge on any atom is -0.373 e. The molecule has 0 aliphatic rings. The molecule has 1 aromatic rings. The van der Waals surface area contributed by atoms with E-state index in [0.717, 1.165) is 22.5 Å². The molecular formula is C11H13BrN2S. The van der Waals surface area contributed by atoms with Gasteiger partial charge in [-0.15, -0.1) is 0 Å². The van der Waals surface area contributed by atoms with E-state index in [1.54, 1.807) is 11.8 Å². The fourth-order valence-electron chi connectivity index (χ4n) is 1.29. The summed E-state index contributed by atoms with van der Waals surface area (Å²) in [6, 6.07) is 8.05. The lowest BCUT2D eigenvalue weighted by Crippen LogP contribution is -2.21. The van der Waals surface area contributed by atoms with Gasteiger partial charge in [-0.25, -0.2) is 0 Å². The van der Waals surface area contributed by atoms with Gasteiger partial charge < -0.3 is 4.90 Å². The largest absolute Gasteiger partial charge is 0.373 e. The fraction of sp³-hybridized carbons (Fsp3) is 0.364. The third-order valence-corrected chi connectivity index (χ3v) is 3.40. The van der Waals surface area contributed by atoms with Gasteiger partial charge in [-0.2, -0.15) is 17.0 Å². The van der Waals surface area contributed by atoms with Crippen LogP contribution in [-0.2, 0) is 0 Å². The maximum absolute atomic E-state index is 9.06. The van der Waals surface area contributed by atoms with Crippen molar-refractivity contribution in [3.8, 4) is 6.07 Å². The third-order valence-electron chi connectivity index (χ3n) is 2.15. The molecule has 80 valence electrons. The van der Waals surface area contributed by atoms with E-state index in [9.17, 15) is 0 Å². The second-order valence-electron chi connectivity index (χ2n) is 3.16. The van der Waals surface area contributed by atoms with E-state index in [1.807, 2.05) is 25.2 Å². The SMILES string of the molecule is CSCCN(C)c1cccc(Br)c1C#N. The highest BCUT2D eigenvalue weighted by molar-refractivity contribution is 9.10. The number of hydrogen-bond donors (Lipinski definition) is 0. The van der Waals surface area contributed by atoms with Gasteiger partial charge >= 0.3 is 0 Å². The molecule has 4 heteroatoms. The summed E-state index contributed by atoms with van der Waals surface area (Å²) in [6.45, 7) is 0.951. The first-order chi connectivity index (χ1) is 7.20. The van der Waals surface area contributed by atoms with Crippen molar-refractivity contribution < 1.29 is 0 Å². The monoisotopic (exact) mass is 284 g/mol. The Morgan fingerprint density at radius 1 is 1.53 bits per heavy atom. The van der Waals surface area contributed by atoms with Gasteiger partial charge in [-0.1, -0.05) is 6.07 Å². The summed E-state index contributed by atoms with van der Waals surface area (Å²) in [7, 11) is 2.01. The Labute approximate surface area is 103 Å². The molecule has 0 radical (unpaired) electrons. The van der Waals surface area contributed by atoms with Crippen LogP contribution in [0.3, 0.4) is 0 Å². The summed E-state index contributed by atoms with van der Waals surface area (Å²) >= 11 is 5.20. The molecule has 1 aromatic carbocycles. The molecule has 0 fully saturated rings. The topological polar surface area (TPSA) is 27.0 Å². The highest BCUT2D eigenvalue weighted by atomic mass is 79.9. The normalized spacial score (nSPS) is 9.73. The lowest BCUT2D eigenvalue weighted by molar-refractivity contribution is 0.974. The highest BCUT2D eigenvalue weighted by Gasteiger charge is 2.09. The van der Waals surface area contributed by atoms with Crippen molar-refractivity contribution in [2.45, 2.75) is 0 Å². The average molecular weight is 285 g/mol. The smallest absolute Gasteiger partial charge is 0.103 e. The highest BCUT2D eigenvalue weighted by Crippen LogP contribution is 2.26. The number of benzene rings is 1. The molecule has 0 bridgehead atoms. The first kappa shape index (κ1) is 12.4. The van der Waals surface area contributed by atoms with Crippen LogP contribution < -0.4 is 4.90 Å². The molecule has 0 atom stereocenters. The van der Waals surface area contributed by atoms with Crippen LogP contribution in [0.15, 0.2) is 22.7 Å². The van der Waals surface area contributed by atoms with Crippen LogP contribution in [0.2, 0.25) is 0 Å². The van der Waals surface area contributed by atoms with Crippen molar-refractivity contribution in [3.05, 3.63) is 28.2 Å². The fourth-order valence-corrected chi connectivity index (χ4v) is 2.19. The van der Waals surface area contributed by atoms with Gasteiger partial charge in [0.1, 0.15) is 6.07 Å². The Balaban J connectivity index is 2.93. The number of halogens is 1.